The first-order chi connectivity index (χ1) is 18.6. The third-order valence-electron chi connectivity index (χ3n) is 7.14. The fourth-order valence-electron chi connectivity index (χ4n) is 5.09. The normalized spacial score (nSPS) is 20.8. The number of halogens is 1. The number of carbonyl (C=O) groups excluding carboxylic acids is 3. The lowest BCUT2D eigenvalue weighted by Crippen LogP contribution is -2.55. The molecule has 2 aromatic carbocycles. The molecule has 206 valence electrons. The van der Waals surface area contributed by atoms with Gasteiger partial charge in [-0.1, -0.05) is 23.7 Å². The van der Waals surface area contributed by atoms with Gasteiger partial charge in [0, 0.05) is 42.3 Å². The van der Waals surface area contributed by atoms with Gasteiger partial charge in [-0.3, -0.25) is 14.4 Å². The highest BCUT2D eigenvalue weighted by atomic mass is 35.5. The number of amides is 3. The fraction of sp³-hybridized carbons (Fsp3) is 0.385. The molecule has 2 saturated heterocycles. The van der Waals surface area contributed by atoms with E-state index in [0.29, 0.717) is 28.5 Å². The van der Waals surface area contributed by atoms with E-state index in [1.165, 1.54) is 28.4 Å². The molecule has 0 radical (unpaired) electrons. The zero-order valence-electron chi connectivity index (χ0n) is 21.2. The molecular weight excluding hydrogens is 562 g/mol. The monoisotopic (exact) mass is 589 g/mol. The molecule has 0 bridgehead atoms. The van der Waals surface area contributed by atoms with Crippen LogP contribution in [0.15, 0.2) is 52.9 Å². The van der Waals surface area contributed by atoms with Crippen LogP contribution in [0.1, 0.15) is 36.0 Å². The van der Waals surface area contributed by atoms with Gasteiger partial charge in [-0.25, -0.2) is 13.4 Å². The van der Waals surface area contributed by atoms with E-state index in [4.69, 9.17) is 11.6 Å². The number of piperidine rings is 1. The molecule has 2 aliphatic heterocycles. The van der Waals surface area contributed by atoms with Crippen molar-refractivity contribution in [3.8, 4) is 0 Å². The lowest BCUT2D eigenvalue weighted by Gasteiger charge is -2.36. The van der Waals surface area contributed by atoms with E-state index in [1.54, 1.807) is 47.7 Å². The van der Waals surface area contributed by atoms with Gasteiger partial charge in [0.05, 0.1) is 4.90 Å². The number of aromatic nitrogens is 1. The summed E-state index contributed by atoms with van der Waals surface area (Å²) >= 11 is 7.27. The summed E-state index contributed by atoms with van der Waals surface area (Å²) in [7, 11) is -3.98. The van der Waals surface area contributed by atoms with Crippen LogP contribution >= 0.6 is 22.9 Å². The number of benzene rings is 2. The summed E-state index contributed by atoms with van der Waals surface area (Å²) in [5, 5.41) is 7.11. The highest BCUT2D eigenvalue weighted by molar-refractivity contribution is 7.89. The van der Waals surface area contributed by atoms with Crippen LogP contribution in [-0.4, -0.2) is 78.7 Å². The Morgan fingerprint density at radius 1 is 1.13 bits per heavy atom. The number of thiazole rings is 1. The summed E-state index contributed by atoms with van der Waals surface area (Å²) in [5.41, 5.74) is 0. The lowest BCUT2D eigenvalue weighted by molar-refractivity contribution is -0.144. The zero-order valence-corrected chi connectivity index (χ0v) is 23.6. The van der Waals surface area contributed by atoms with Crippen LogP contribution in [-0.2, 0) is 19.6 Å². The van der Waals surface area contributed by atoms with Gasteiger partial charge in [-0.15, -0.1) is 11.3 Å². The highest BCUT2D eigenvalue weighted by Crippen LogP contribution is 2.24. The minimum atomic E-state index is -3.98. The Labute approximate surface area is 235 Å². The number of likely N-dealkylation sites (tertiary alicyclic amines) is 2. The summed E-state index contributed by atoms with van der Waals surface area (Å²) in [6, 6.07) is 7.93. The molecule has 10 nitrogen and oxygen atoms in total. The van der Waals surface area contributed by atoms with Crippen LogP contribution in [0.25, 0.3) is 10.8 Å². The second-order valence-electron chi connectivity index (χ2n) is 9.76. The number of nitrogens with one attached hydrogen (secondary N) is 2. The van der Waals surface area contributed by atoms with Gasteiger partial charge in [0.15, 0.2) is 5.01 Å². The van der Waals surface area contributed by atoms with Gasteiger partial charge < -0.3 is 15.1 Å². The third-order valence-corrected chi connectivity index (χ3v) is 9.62. The predicted molar refractivity (Wildman–Crippen MR) is 148 cm³/mol. The molecule has 2 N–H and O–H groups in total. The number of nitrogens with zero attached hydrogens (tertiary/aromatic N) is 3. The maximum atomic E-state index is 13.3. The quantitative estimate of drug-likeness (QED) is 0.436. The Kier molecular flexibility index (Phi) is 7.90. The number of carbonyl (C=O) groups is 3. The van der Waals surface area contributed by atoms with Crippen LogP contribution in [0.2, 0.25) is 5.02 Å². The summed E-state index contributed by atoms with van der Waals surface area (Å²) in [6.45, 7) is 2.78. The molecule has 0 aliphatic carbocycles. The SMILES string of the molecule is CC(C(=O)N1CCCC(NC(=O)c2nccs2)C1)N1CCC(NS(=O)(=O)c2ccc3cc(Cl)ccc3c2)C1=O. The van der Waals surface area contributed by atoms with Crippen LogP contribution in [0.5, 0.6) is 0 Å². The molecule has 3 amide bonds. The number of hydrogen-bond acceptors (Lipinski definition) is 7. The van der Waals surface area contributed by atoms with Crippen molar-refractivity contribution in [2.45, 2.75) is 49.2 Å². The molecule has 13 heteroatoms. The Balaban J connectivity index is 1.20. The largest absolute Gasteiger partial charge is 0.345 e. The van der Waals surface area contributed by atoms with E-state index < -0.39 is 28.0 Å². The zero-order chi connectivity index (χ0) is 27.7. The topological polar surface area (TPSA) is 129 Å². The van der Waals surface area contributed by atoms with Crippen molar-refractivity contribution in [2.24, 2.45) is 0 Å². The Morgan fingerprint density at radius 2 is 1.90 bits per heavy atom. The van der Waals surface area contributed by atoms with E-state index in [9.17, 15) is 22.8 Å². The standard InChI is InChI=1S/C26H28ClN5O5S2/c1-16(25(34)31-10-2-3-20(15-31)29-23(33)24-28-9-12-38-24)32-11-8-22(26(32)35)30-39(36,37)21-7-5-17-13-19(27)6-4-18(17)14-21/h4-7,9,12-14,16,20,22,30H,2-3,8,10-11,15H2,1H3,(H,29,33). The van der Waals surface area contributed by atoms with Crippen molar-refractivity contribution in [3.63, 3.8) is 0 Å². The molecule has 3 aromatic rings. The van der Waals surface area contributed by atoms with Crippen LogP contribution in [0.4, 0.5) is 0 Å². The average molecular weight is 590 g/mol. The minimum absolute atomic E-state index is 0.0480. The molecule has 3 unspecified atom stereocenters. The summed E-state index contributed by atoms with van der Waals surface area (Å²) in [6.07, 6.45) is 3.28. The van der Waals surface area contributed by atoms with Crippen molar-refractivity contribution < 1.29 is 22.8 Å². The van der Waals surface area contributed by atoms with Crippen LogP contribution in [0.3, 0.4) is 0 Å². The van der Waals surface area contributed by atoms with Crippen LogP contribution in [0, 0.1) is 0 Å². The van der Waals surface area contributed by atoms with Crippen molar-refractivity contribution >= 4 is 61.5 Å². The summed E-state index contributed by atoms with van der Waals surface area (Å²) in [4.78, 5) is 46.0. The van der Waals surface area contributed by atoms with Gasteiger partial charge in [0.25, 0.3) is 5.91 Å². The van der Waals surface area contributed by atoms with E-state index in [0.717, 1.165) is 18.2 Å². The number of fused-ring (bicyclic) bond motifs is 1. The first kappa shape index (κ1) is 27.5. The van der Waals surface area contributed by atoms with Crippen molar-refractivity contribution in [1.29, 1.82) is 0 Å². The molecule has 3 atom stereocenters. The maximum Gasteiger partial charge on any atom is 0.280 e. The van der Waals surface area contributed by atoms with E-state index in [2.05, 4.69) is 15.0 Å². The van der Waals surface area contributed by atoms with Gasteiger partial charge in [0.1, 0.15) is 12.1 Å². The average Bonchev–Trinajstić information content (AvgIpc) is 3.58. The summed E-state index contributed by atoms with van der Waals surface area (Å²) < 4.78 is 28.7. The minimum Gasteiger partial charge on any atom is -0.345 e. The second-order valence-corrected chi connectivity index (χ2v) is 12.8. The van der Waals surface area contributed by atoms with E-state index in [1.807, 2.05) is 0 Å². The summed E-state index contributed by atoms with van der Waals surface area (Å²) in [5.74, 6) is -0.928. The molecule has 3 heterocycles. The first-order valence-corrected chi connectivity index (χ1v) is 15.4. The Hall–Kier alpha value is -3.06. The van der Waals surface area contributed by atoms with E-state index >= 15 is 0 Å². The molecule has 0 saturated carbocycles. The molecule has 1 aromatic heterocycles. The maximum absolute atomic E-state index is 13.3. The first-order valence-electron chi connectivity index (χ1n) is 12.6. The van der Waals surface area contributed by atoms with Crippen molar-refractivity contribution in [1.82, 2.24) is 24.8 Å². The lowest BCUT2D eigenvalue weighted by atomic mass is 10.0. The Morgan fingerprint density at radius 3 is 2.67 bits per heavy atom. The fourth-order valence-corrected chi connectivity index (χ4v) is 7.07. The van der Waals surface area contributed by atoms with Gasteiger partial charge in [0.2, 0.25) is 21.8 Å². The number of hydrogen-bond donors (Lipinski definition) is 2. The predicted octanol–water partition coefficient (Wildman–Crippen LogP) is 2.64. The van der Waals surface area contributed by atoms with E-state index in [-0.39, 0.29) is 35.7 Å². The smallest absolute Gasteiger partial charge is 0.280 e. The molecule has 2 fully saturated rings. The van der Waals surface area contributed by atoms with Gasteiger partial charge in [-0.2, -0.15) is 4.72 Å². The third kappa shape index (κ3) is 5.93. The van der Waals surface area contributed by atoms with Gasteiger partial charge >= 0.3 is 0 Å². The van der Waals surface area contributed by atoms with Crippen LogP contribution < -0.4 is 10.0 Å². The van der Waals surface area contributed by atoms with Crippen molar-refractivity contribution in [3.05, 3.63) is 58.0 Å². The van der Waals surface area contributed by atoms with Gasteiger partial charge in [-0.05, 0) is 61.2 Å². The molecule has 2 aliphatic rings. The molecule has 39 heavy (non-hydrogen) atoms. The highest BCUT2D eigenvalue weighted by Gasteiger charge is 2.40. The second kappa shape index (κ2) is 11.2. The Bertz CT molecular complexity index is 1510. The molecule has 5 rings (SSSR count). The number of sulfonamides is 1. The molecule has 0 spiro atoms. The molecular formula is C26H28ClN5O5S2. The number of rotatable bonds is 7. The van der Waals surface area contributed by atoms with Crippen molar-refractivity contribution in [2.75, 3.05) is 19.6 Å².